The van der Waals surface area contributed by atoms with Gasteiger partial charge in [-0.2, -0.15) is 5.26 Å². The second-order valence-electron chi connectivity index (χ2n) is 4.98. The van der Waals surface area contributed by atoms with E-state index in [1.165, 1.54) is 0 Å². The third-order valence-electron chi connectivity index (χ3n) is 3.23. The van der Waals surface area contributed by atoms with Crippen molar-refractivity contribution in [1.29, 1.82) is 5.26 Å². The number of esters is 1. The van der Waals surface area contributed by atoms with E-state index < -0.39 is 5.97 Å². The third kappa shape index (κ3) is 4.68. The fourth-order valence-corrected chi connectivity index (χ4v) is 1.92. The molecule has 116 valence electrons. The number of nitriles is 1. The molecule has 0 unspecified atom stereocenters. The first-order chi connectivity index (χ1) is 11.1. The van der Waals surface area contributed by atoms with Crippen LogP contribution >= 0.6 is 0 Å². The van der Waals surface area contributed by atoms with Crippen LogP contribution in [0.3, 0.4) is 0 Å². The van der Waals surface area contributed by atoms with Crippen LogP contribution in [0.1, 0.15) is 27.0 Å². The van der Waals surface area contributed by atoms with Crippen LogP contribution in [0.15, 0.2) is 48.5 Å². The van der Waals surface area contributed by atoms with Crippen molar-refractivity contribution >= 4 is 11.9 Å². The molecule has 0 spiro atoms. The van der Waals surface area contributed by atoms with Gasteiger partial charge in [-0.15, -0.1) is 0 Å². The Hall–Kier alpha value is -3.13. The van der Waals surface area contributed by atoms with Gasteiger partial charge in [0.2, 0.25) is 0 Å². The lowest BCUT2D eigenvalue weighted by molar-refractivity contribution is -0.143. The zero-order valence-electron chi connectivity index (χ0n) is 12.7. The van der Waals surface area contributed by atoms with Gasteiger partial charge in [0.15, 0.2) is 0 Å². The number of amides is 1. The van der Waals surface area contributed by atoms with E-state index >= 15 is 0 Å². The van der Waals surface area contributed by atoms with Gasteiger partial charge in [-0.25, -0.2) is 0 Å². The number of hydrogen-bond acceptors (Lipinski definition) is 4. The number of benzene rings is 2. The van der Waals surface area contributed by atoms with Crippen molar-refractivity contribution in [3.05, 3.63) is 70.8 Å². The number of nitrogens with zero attached hydrogens (tertiary/aromatic N) is 1. The maximum atomic E-state index is 11.9. The molecule has 5 nitrogen and oxygen atoms in total. The number of nitrogens with one attached hydrogen (secondary N) is 1. The number of rotatable bonds is 5. The summed E-state index contributed by atoms with van der Waals surface area (Å²) < 4.78 is 5.07. The van der Waals surface area contributed by atoms with E-state index in [-0.39, 0.29) is 19.1 Å². The lowest BCUT2D eigenvalue weighted by Gasteiger charge is -2.08. The molecule has 2 rings (SSSR count). The van der Waals surface area contributed by atoms with Crippen LogP contribution in [0.25, 0.3) is 0 Å². The van der Waals surface area contributed by atoms with Gasteiger partial charge < -0.3 is 10.1 Å². The summed E-state index contributed by atoms with van der Waals surface area (Å²) in [4.78, 5) is 23.6. The maximum absolute atomic E-state index is 11.9. The number of hydrogen-bond donors (Lipinski definition) is 1. The number of carbonyl (C=O) groups is 2. The van der Waals surface area contributed by atoms with Crippen LogP contribution in [0.5, 0.6) is 0 Å². The largest absolute Gasteiger partial charge is 0.459 e. The average molecular weight is 308 g/mol. The summed E-state index contributed by atoms with van der Waals surface area (Å²) in [6, 6.07) is 16.0. The Morgan fingerprint density at radius 3 is 2.52 bits per heavy atom. The molecule has 1 N–H and O–H groups in total. The summed E-state index contributed by atoms with van der Waals surface area (Å²) in [7, 11) is 0. The minimum absolute atomic E-state index is 0.00295. The monoisotopic (exact) mass is 308 g/mol. The summed E-state index contributed by atoms with van der Waals surface area (Å²) in [6.45, 7) is 1.71. The molecule has 0 aliphatic heterocycles. The van der Waals surface area contributed by atoms with Gasteiger partial charge in [0.05, 0.1) is 11.6 Å². The van der Waals surface area contributed by atoms with E-state index in [9.17, 15) is 9.59 Å². The Kier molecular flexibility index (Phi) is 5.48. The SMILES string of the molecule is Cc1ccc(C(=O)NCC(=O)OCc2ccccc2C#N)cc1. The highest BCUT2D eigenvalue weighted by Gasteiger charge is 2.10. The van der Waals surface area contributed by atoms with Crippen molar-refractivity contribution in [3.8, 4) is 6.07 Å². The number of ether oxygens (including phenoxy) is 1. The van der Waals surface area contributed by atoms with Gasteiger partial charge in [-0.05, 0) is 25.1 Å². The summed E-state index contributed by atoms with van der Waals surface area (Å²) in [5.74, 6) is -0.891. The molecule has 0 atom stereocenters. The Balaban J connectivity index is 1.82. The summed E-state index contributed by atoms with van der Waals surface area (Å²) in [5, 5.41) is 11.5. The molecule has 0 bridgehead atoms. The Bertz CT molecular complexity index is 746. The fourth-order valence-electron chi connectivity index (χ4n) is 1.92. The molecule has 0 saturated heterocycles. The first-order valence-electron chi connectivity index (χ1n) is 7.08. The molecule has 0 aliphatic rings. The van der Waals surface area contributed by atoms with Crippen molar-refractivity contribution < 1.29 is 14.3 Å². The molecule has 0 aliphatic carbocycles. The van der Waals surface area contributed by atoms with E-state index in [1.807, 2.05) is 25.1 Å². The molecule has 0 aromatic heterocycles. The smallest absolute Gasteiger partial charge is 0.325 e. The topological polar surface area (TPSA) is 79.2 Å². The lowest BCUT2D eigenvalue weighted by atomic mass is 10.1. The predicted octanol–water partition coefficient (Wildman–Crippen LogP) is 2.34. The molecular formula is C18H16N2O3. The van der Waals surface area contributed by atoms with Crippen molar-refractivity contribution in [2.75, 3.05) is 6.54 Å². The highest BCUT2D eigenvalue weighted by Crippen LogP contribution is 2.08. The molecule has 2 aromatic carbocycles. The summed E-state index contributed by atoms with van der Waals surface area (Å²) in [5.41, 5.74) is 2.63. The predicted molar refractivity (Wildman–Crippen MR) is 84.5 cm³/mol. The second-order valence-corrected chi connectivity index (χ2v) is 4.98. The standard InChI is InChI=1S/C18H16N2O3/c1-13-6-8-14(9-7-13)18(22)20-11-17(21)23-12-16-5-3-2-4-15(16)10-19/h2-9H,11-12H2,1H3,(H,20,22). The normalized spacial score (nSPS) is 9.74. The van der Waals surface area contributed by atoms with E-state index in [0.717, 1.165) is 5.56 Å². The van der Waals surface area contributed by atoms with E-state index in [4.69, 9.17) is 10.00 Å². The Morgan fingerprint density at radius 1 is 1.13 bits per heavy atom. The van der Waals surface area contributed by atoms with E-state index in [1.54, 1.807) is 36.4 Å². The van der Waals surface area contributed by atoms with Gasteiger partial charge in [-0.3, -0.25) is 9.59 Å². The molecule has 2 aromatic rings. The van der Waals surface area contributed by atoms with Gasteiger partial charge >= 0.3 is 5.97 Å². The lowest BCUT2D eigenvalue weighted by Crippen LogP contribution is -2.30. The maximum Gasteiger partial charge on any atom is 0.325 e. The molecule has 23 heavy (non-hydrogen) atoms. The van der Waals surface area contributed by atoms with Crippen molar-refractivity contribution in [1.82, 2.24) is 5.32 Å². The van der Waals surface area contributed by atoms with Gasteiger partial charge in [0.25, 0.3) is 5.91 Å². The molecule has 0 saturated carbocycles. The van der Waals surface area contributed by atoms with Gasteiger partial charge in [0, 0.05) is 11.1 Å². The Labute approximate surface area is 134 Å². The van der Waals surface area contributed by atoms with Crippen LogP contribution in [0.2, 0.25) is 0 Å². The number of aryl methyl sites for hydroxylation is 1. The van der Waals surface area contributed by atoms with Crippen molar-refractivity contribution in [3.63, 3.8) is 0 Å². The minimum Gasteiger partial charge on any atom is -0.459 e. The molecular weight excluding hydrogens is 292 g/mol. The highest BCUT2D eigenvalue weighted by atomic mass is 16.5. The summed E-state index contributed by atoms with van der Waals surface area (Å²) >= 11 is 0. The molecule has 0 heterocycles. The zero-order valence-corrected chi connectivity index (χ0v) is 12.7. The average Bonchev–Trinajstić information content (AvgIpc) is 2.58. The number of carbonyl (C=O) groups excluding carboxylic acids is 2. The first kappa shape index (κ1) is 16.2. The first-order valence-corrected chi connectivity index (χ1v) is 7.08. The van der Waals surface area contributed by atoms with E-state index in [2.05, 4.69) is 5.32 Å². The highest BCUT2D eigenvalue weighted by molar-refractivity contribution is 5.95. The van der Waals surface area contributed by atoms with Crippen LogP contribution in [0.4, 0.5) is 0 Å². The molecule has 0 radical (unpaired) electrons. The molecule has 1 amide bonds. The van der Waals surface area contributed by atoms with Crippen molar-refractivity contribution in [2.45, 2.75) is 13.5 Å². The van der Waals surface area contributed by atoms with E-state index in [0.29, 0.717) is 16.7 Å². The van der Waals surface area contributed by atoms with Crippen molar-refractivity contribution in [2.24, 2.45) is 0 Å². The van der Waals surface area contributed by atoms with Gasteiger partial charge in [0.1, 0.15) is 13.2 Å². The van der Waals surface area contributed by atoms with Gasteiger partial charge in [-0.1, -0.05) is 35.9 Å². The summed E-state index contributed by atoms with van der Waals surface area (Å²) in [6.07, 6.45) is 0. The van der Waals surface area contributed by atoms with Crippen LogP contribution in [-0.4, -0.2) is 18.4 Å². The minimum atomic E-state index is -0.557. The second kappa shape index (κ2) is 7.76. The van der Waals surface area contributed by atoms with Crippen LogP contribution in [0, 0.1) is 18.3 Å². The van der Waals surface area contributed by atoms with Crippen LogP contribution in [-0.2, 0) is 16.1 Å². The fraction of sp³-hybridized carbons (Fsp3) is 0.167. The third-order valence-corrected chi connectivity index (χ3v) is 3.23. The quantitative estimate of drug-likeness (QED) is 0.860. The van der Waals surface area contributed by atoms with Crippen LogP contribution < -0.4 is 5.32 Å². The zero-order chi connectivity index (χ0) is 16.7. The molecule has 0 fully saturated rings. The molecule has 5 heteroatoms. The Morgan fingerprint density at radius 2 is 1.83 bits per heavy atom.